The Kier molecular flexibility index (Phi) is 4.17. The van der Waals surface area contributed by atoms with Gasteiger partial charge in [0.1, 0.15) is 0 Å². The van der Waals surface area contributed by atoms with Gasteiger partial charge in [0.2, 0.25) is 0 Å². The third-order valence-electron chi connectivity index (χ3n) is 4.27. The van der Waals surface area contributed by atoms with E-state index in [4.69, 9.17) is 9.47 Å². The summed E-state index contributed by atoms with van der Waals surface area (Å²) in [6.07, 6.45) is 2.54. The lowest BCUT2D eigenvalue weighted by molar-refractivity contribution is 0.0211. The Bertz CT molecular complexity index is 437. The summed E-state index contributed by atoms with van der Waals surface area (Å²) in [7, 11) is 0. The van der Waals surface area contributed by atoms with Gasteiger partial charge in [-0.1, -0.05) is 0 Å². The van der Waals surface area contributed by atoms with Gasteiger partial charge in [-0.25, -0.2) is 0 Å². The van der Waals surface area contributed by atoms with Crippen LogP contribution in [0.25, 0.3) is 0 Å². The molecular formula is C15H23N3O2. The number of anilines is 1. The van der Waals surface area contributed by atoms with Crippen LogP contribution in [-0.2, 0) is 9.47 Å². The highest BCUT2D eigenvalue weighted by Gasteiger charge is 2.41. The van der Waals surface area contributed by atoms with E-state index in [0.29, 0.717) is 18.1 Å². The molecule has 2 aliphatic rings. The highest BCUT2D eigenvalue weighted by atomic mass is 16.5. The first-order chi connectivity index (χ1) is 9.78. The first kappa shape index (κ1) is 13.8. The molecule has 0 radical (unpaired) electrons. The molecule has 1 aliphatic heterocycles. The van der Waals surface area contributed by atoms with Gasteiger partial charge < -0.3 is 14.4 Å². The van der Waals surface area contributed by atoms with E-state index in [1.165, 1.54) is 0 Å². The van der Waals surface area contributed by atoms with Crippen molar-refractivity contribution in [3.8, 4) is 0 Å². The maximum Gasteiger partial charge on any atom is 0.151 e. The van der Waals surface area contributed by atoms with Crippen molar-refractivity contribution in [1.29, 1.82) is 0 Å². The molecule has 5 heteroatoms. The molecule has 20 heavy (non-hydrogen) atoms. The first-order valence-electron chi connectivity index (χ1n) is 7.54. The predicted octanol–water partition coefficient (Wildman–Crippen LogP) is 1.81. The van der Waals surface area contributed by atoms with E-state index in [1.54, 1.807) is 0 Å². The lowest BCUT2D eigenvalue weighted by Gasteiger charge is -2.38. The molecule has 2 fully saturated rings. The molecule has 0 amide bonds. The largest absolute Gasteiger partial charge is 0.381 e. The van der Waals surface area contributed by atoms with Gasteiger partial charge in [-0.2, -0.15) is 5.10 Å². The van der Waals surface area contributed by atoms with E-state index in [9.17, 15) is 0 Å². The molecule has 1 aliphatic carbocycles. The molecule has 1 aromatic rings. The fraction of sp³-hybridized carbons (Fsp3) is 0.733. The normalized spacial score (nSPS) is 29.5. The average Bonchev–Trinajstić information content (AvgIpc) is 2.89. The summed E-state index contributed by atoms with van der Waals surface area (Å²) in [5.41, 5.74) is 0.958. The van der Waals surface area contributed by atoms with Gasteiger partial charge in [0.15, 0.2) is 5.82 Å². The molecule has 1 aromatic heterocycles. The van der Waals surface area contributed by atoms with Crippen LogP contribution >= 0.6 is 0 Å². The van der Waals surface area contributed by atoms with Crippen molar-refractivity contribution in [2.24, 2.45) is 5.92 Å². The number of aryl methyl sites for hydroxylation is 1. The molecule has 3 atom stereocenters. The third kappa shape index (κ3) is 2.79. The topological polar surface area (TPSA) is 47.5 Å². The number of fused-ring (bicyclic) bond motifs is 1. The second kappa shape index (κ2) is 6.06. The molecule has 2 heterocycles. The van der Waals surface area contributed by atoms with Crippen LogP contribution in [0.15, 0.2) is 12.1 Å². The van der Waals surface area contributed by atoms with Gasteiger partial charge in [-0.15, -0.1) is 5.10 Å². The molecule has 0 bridgehead atoms. The lowest BCUT2D eigenvalue weighted by Crippen LogP contribution is -2.49. The van der Waals surface area contributed by atoms with Gasteiger partial charge in [-0.05, 0) is 44.7 Å². The van der Waals surface area contributed by atoms with Crippen molar-refractivity contribution in [3.05, 3.63) is 17.8 Å². The zero-order valence-electron chi connectivity index (χ0n) is 12.3. The predicted molar refractivity (Wildman–Crippen MR) is 76.9 cm³/mol. The van der Waals surface area contributed by atoms with Crippen LogP contribution in [-0.4, -0.2) is 48.7 Å². The van der Waals surface area contributed by atoms with Crippen molar-refractivity contribution < 1.29 is 9.47 Å². The Hall–Kier alpha value is -1.20. The first-order valence-corrected chi connectivity index (χ1v) is 7.54. The van der Waals surface area contributed by atoms with E-state index < -0.39 is 0 Å². The molecule has 0 unspecified atom stereocenters. The summed E-state index contributed by atoms with van der Waals surface area (Å²) in [5.74, 6) is 1.58. The molecule has 5 nitrogen and oxygen atoms in total. The lowest BCUT2D eigenvalue weighted by atomic mass is 10.1. The molecule has 3 rings (SSSR count). The zero-order valence-corrected chi connectivity index (χ0v) is 12.3. The average molecular weight is 277 g/mol. The summed E-state index contributed by atoms with van der Waals surface area (Å²) in [6.45, 7) is 7.33. The summed E-state index contributed by atoms with van der Waals surface area (Å²) in [6, 6.07) is 4.52. The van der Waals surface area contributed by atoms with E-state index >= 15 is 0 Å². The van der Waals surface area contributed by atoms with E-state index in [-0.39, 0.29) is 0 Å². The Morgan fingerprint density at radius 3 is 3.00 bits per heavy atom. The van der Waals surface area contributed by atoms with Crippen LogP contribution in [0.3, 0.4) is 0 Å². The van der Waals surface area contributed by atoms with E-state index in [0.717, 1.165) is 50.7 Å². The molecular weight excluding hydrogens is 254 g/mol. The Morgan fingerprint density at radius 1 is 1.35 bits per heavy atom. The van der Waals surface area contributed by atoms with E-state index in [2.05, 4.69) is 21.2 Å². The summed E-state index contributed by atoms with van der Waals surface area (Å²) in [4.78, 5) is 2.37. The van der Waals surface area contributed by atoms with Crippen LogP contribution in [0.1, 0.15) is 25.5 Å². The second-order valence-electron chi connectivity index (χ2n) is 5.70. The van der Waals surface area contributed by atoms with Crippen LogP contribution in [0.2, 0.25) is 0 Å². The molecule has 0 spiro atoms. The number of hydrogen-bond acceptors (Lipinski definition) is 5. The highest BCUT2D eigenvalue weighted by molar-refractivity contribution is 5.40. The van der Waals surface area contributed by atoms with Crippen LogP contribution in [0.4, 0.5) is 5.82 Å². The molecule has 0 aromatic carbocycles. The summed E-state index contributed by atoms with van der Waals surface area (Å²) >= 11 is 0. The fourth-order valence-corrected chi connectivity index (χ4v) is 3.30. The minimum Gasteiger partial charge on any atom is -0.381 e. The van der Waals surface area contributed by atoms with Gasteiger partial charge in [0.25, 0.3) is 0 Å². The van der Waals surface area contributed by atoms with Crippen molar-refractivity contribution >= 4 is 5.82 Å². The Balaban J connectivity index is 1.71. The molecule has 0 N–H and O–H groups in total. The highest BCUT2D eigenvalue weighted by Crippen LogP contribution is 2.36. The number of morpholine rings is 1. The van der Waals surface area contributed by atoms with Crippen LogP contribution in [0.5, 0.6) is 0 Å². The summed E-state index contributed by atoms with van der Waals surface area (Å²) in [5, 5.41) is 8.52. The maximum atomic E-state index is 5.94. The zero-order chi connectivity index (χ0) is 13.9. The Morgan fingerprint density at radius 2 is 2.25 bits per heavy atom. The Labute approximate surface area is 120 Å². The van der Waals surface area contributed by atoms with Crippen molar-refractivity contribution in [1.82, 2.24) is 10.2 Å². The van der Waals surface area contributed by atoms with Gasteiger partial charge in [0.05, 0.1) is 24.4 Å². The SMILES string of the molecule is CCOC[C@H]1C[C@@H]2OCCN(c3ccc(C)nn3)[C@H]2C1. The van der Waals surface area contributed by atoms with Crippen LogP contribution < -0.4 is 4.90 Å². The van der Waals surface area contributed by atoms with Crippen molar-refractivity contribution in [2.45, 2.75) is 38.8 Å². The monoisotopic (exact) mass is 277 g/mol. The fourth-order valence-electron chi connectivity index (χ4n) is 3.30. The maximum absolute atomic E-state index is 5.94. The van der Waals surface area contributed by atoms with Crippen molar-refractivity contribution in [3.63, 3.8) is 0 Å². The third-order valence-corrected chi connectivity index (χ3v) is 4.27. The number of aromatic nitrogens is 2. The number of nitrogens with zero attached hydrogens (tertiary/aromatic N) is 3. The number of hydrogen-bond donors (Lipinski definition) is 0. The minimum atomic E-state index is 0.317. The van der Waals surface area contributed by atoms with Gasteiger partial charge in [0, 0.05) is 19.8 Å². The molecule has 1 saturated carbocycles. The second-order valence-corrected chi connectivity index (χ2v) is 5.70. The van der Waals surface area contributed by atoms with Crippen molar-refractivity contribution in [2.75, 3.05) is 31.3 Å². The number of ether oxygens (including phenoxy) is 2. The van der Waals surface area contributed by atoms with E-state index in [1.807, 2.05) is 19.9 Å². The number of rotatable bonds is 4. The molecule has 110 valence electrons. The van der Waals surface area contributed by atoms with Gasteiger partial charge in [-0.3, -0.25) is 0 Å². The minimum absolute atomic E-state index is 0.317. The standard InChI is InChI=1S/C15H23N3O2/c1-3-19-10-12-8-13-14(9-12)20-7-6-18(13)15-5-4-11(2)16-17-15/h4-5,12-14H,3,6-10H2,1-2H3/t12-,13+,14+/m1/s1. The quantitative estimate of drug-likeness (QED) is 0.840. The van der Waals surface area contributed by atoms with Gasteiger partial charge >= 0.3 is 0 Å². The van der Waals surface area contributed by atoms with Crippen LogP contribution in [0, 0.1) is 12.8 Å². The smallest absolute Gasteiger partial charge is 0.151 e. The molecule has 1 saturated heterocycles. The summed E-state index contributed by atoms with van der Waals surface area (Å²) < 4.78 is 11.5.